The molecule has 2 rings (SSSR count). The van der Waals surface area contributed by atoms with Crippen LogP contribution in [0.5, 0.6) is 5.75 Å². The third-order valence-electron chi connectivity index (χ3n) is 3.90. The van der Waals surface area contributed by atoms with Crippen molar-refractivity contribution < 1.29 is 9.53 Å². The van der Waals surface area contributed by atoms with E-state index in [1.54, 1.807) is 0 Å². The first kappa shape index (κ1) is 17.1. The third-order valence-corrected chi connectivity index (χ3v) is 3.90. The maximum atomic E-state index is 12.1. The second kappa shape index (κ2) is 8.37. The Bertz CT molecular complexity index is 664. The van der Waals surface area contributed by atoms with Gasteiger partial charge in [0.2, 0.25) is 5.91 Å². The van der Waals surface area contributed by atoms with Crippen molar-refractivity contribution in [1.29, 1.82) is 0 Å². The third kappa shape index (κ3) is 4.85. The van der Waals surface area contributed by atoms with Crippen LogP contribution in [-0.4, -0.2) is 12.5 Å². The van der Waals surface area contributed by atoms with Gasteiger partial charge in [-0.05, 0) is 49.4 Å². The Kier molecular flexibility index (Phi) is 6.21. The van der Waals surface area contributed by atoms with E-state index in [1.807, 2.05) is 50.2 Å². The first-order valence-electron chi connectivity index (χ1n) is 8.18. The molecule has 0 aliphatic heterocycles. The number of nitrogens with one attached hydrogen (secondary N) is 1. The smallest absolute Gasteiger partial charge is 0.224 e. The number of hydrogen-bond acceptors (Lipinski definition) is 2. The van der Waals surface area contributed by atoms with E-state index in [9.17, 15) is 4.79 Å². The first-order chi connectivity index (χ1) is 11.1. The number of anilines is 1. The zero-order chi connectivity index (χ0) is 16.7. The van der Waals surface area contributed by atoms with E-state index in [4.69, 9.17) is 4.74 Å². The molecule has 0 radical (unpaired) electrons. The maximum Gasteiger partial charge on any atom is 0.224 e. The quantitative estimate of drug-likeness (QED) is 0.755. The van der Waals surface area contributed by atoms with Crippen LogP contribution >= 0.6 is 0 Å². The second-order valence-corrected chi connectivity index (χ2v) is 5.73. The van der Waals surface area contributed by atoms with Crippen LogP contribution in [0.3, 0.4) is 0 Å². The Morgan fingerprint density at radius 2 is 1.78 bits per heavy atom. The molecular formula is C20H25NO2. The van der Waals surface area contributed by atoms with E-state index in [2.05, 4.69) is 18.3 Å². The number of para-hydroxylation sites is 2. The Hall–Kier alpha value is -2.29. The van der Waals surface area contributed by atoms with Crippen LogP contribution in [-0.2, 0) is 11.2 Å². The predicted molar refractivity (Wildman–Crippen MR) is 95.1 cm³/mol. The Labute approximate surface area is 138 Å². The summed E-state index contributed by atoms with van der Waals surface area (Å²) in [6.07, 6.45) is 2.07. The van der Waals surface area contributed by atoms with Gasteiger partial charge in [-0.2, -0.15) is 0 Å². The summed E-state index contributed by atoms with van der Waals surface area (Å²) in [4.78, 5) is 12.1. The molecule has 0 fully saturated rings. The summed E-state index contributed by atoms with van der Waals surface area (Å²) in [5.74, 6) is 0.933. The number of amides is 1. The lowest BCUT2D eigenvalue weighted by Crippen LogP contribution is -2.15. The molecule has 0 aliphatic carbocycles. The number of hydrogen-bond donors (Lipinski definition) is 1. The molecule has 0 bridgehead atoms. The van der Waals surface area contributed by atoms with Gasteiger partial charge in [0.15, 0.2) is 0 Å². The maximum absolute atomic E-state index is 12.1. The predicted octanol–water partition coefficient (Wildman–Crippen LogP) is 4.66. The largest absolute Gasteiger partial charge is 0.493 e. The summed E-state index contributed by atoms with van der Waals surface area (Å²) in [5, 5.41) is 3.05. The fourth-order valence-electron chi connectivity index (χ4n) is 2.54. The zero-order valence-electron chi connectivity index (χ0n) is 14.2. The minimum atomic E-state index is 0.0439. The number of carbonyl (C=O) groups excluding carboxylic acids is 1. The van der Waals surface area contributed by atoms with Gasteiger partial charge >= 0.3 is 0 Å². The van der Waals surface area contributed by atoms with Gasteiger partial charge in [-0.15, -0.1) is 0 Å². The van der Waals surface area contributed by atoms with Gasteiger partial charge in [0, 0.05) is 12.1 Å². The topological polar surface area (TPSA) is 38.3 Å². The van der Waals surface area contributed by atoms with Crippen LogP contribution < -0.4 is 10.1 Å². The van der Waals surface area contributed by atoms with Gasteiger partial charge in [0.25, 0.3) is 0 Å². The van der Waals surface area contributed by atoms with Gasteiger partial charge < -0.3 is 10.1 Å². The Morgan fingerprint density at radius 3 is 2.52 bits per heavy atom. The standard InChI is InChI=1S/C20H25NO2/c1-4-17-11-7-10-16(3)20(17)21-19(22)13-8-14-23-18-12-6-5-9-15(18)2/h5-7,9-12H,4,8,13-14H2,1-3H3,(H,21,22). The van der Waals surface area contributed by atoms with Gasteiger partial charge in [-0.1, -0.05) is 43.3 Å². The molecule has 1 N–H and O–H groups in total. The van der Waals surface area contributed by atoms with Gasteiger partial charge in [-0.25, -0.2) is 0 Å². The van der Waals surface area contributed by atoms with E-state index in [1.165, 1.54) is 5.56 Å². The molecule has 2 aromatic rings. The molecule has 0 saturated carbocycles. The fourth-order valence-corrected chi connectivity index (χ4v) is 2.54. The van der Waals surface area contributed by atoms with Crippen LogP contribution in [0.2, 0.25) is 0 Å². The van der Waals surface area contributed by atoms with Gasteiger partial charge in [-0.3, -0.25) is 4.79 Å². The summed E-state index contributed by atoms with van der Waals surface area (Å²) in [6, 6.07) is 14.0. The highest BCUT2D eigenvalue weighted by atomic mass is 16.5. The van der Waals surface area contributed by atoms with Crippen LogP contribution in [0.15, 0.2) is 42.5 Å². The lowest BCUT2D eigenvalue weighted by Gasteiger charge is -2.13. The molecule has 3 heteroatoms. The van der Waals surface area contributed by atoms with Crippen LogP contribution in [0.1, 0.15) is 36.5 Å². The molecule has 122 valence electrons. The van der Waals surface area contributed by atoms with Crippen molar-refractivity contribution >= 4 is 11.6 Å². The Morgan fingerprint density at radius 1 is 1.04 bits per heavy atom. The molecule has 0 unspecified atom stereocenters. The van der Waals surface area contributed by atoms with Crippen molar-refractivity contribution in [2.75, 3.05) is 11.9 Å². The van der Waals surface area contributed by atoms with Crippen molar-refractivity contribution in [1.82, 2.24) is 0 Å². The number of carbonyl (C=O) groups is 1. The van der Waals surface area contributed by atoms with Crippen molar-refractivity contribution in [2.45, 2.75) is 40.0 Å². The van der Waals surface area contributed by atoms with Crippen molar-refractivity contribution in [3.63, 3.8) is 0 Å². The first-order valence-corrected chi connectivity index (χ1v) is 8.18. The fraction of sp³-hybridized carbons (Fsp3) is 0.350. The van der Waals surface area contributed by atoms with Crippen LogP contribution in [0, 0.1) is 13.8 Å². The zero-order valence-corrected chi connectivity index (χ0v) is 14.2. The van der Waals surface area contributed by atoms with Crippen molar-refractivity contribution in [3.05, 3.63) is 59.2 Å². The Balaban J connectivity index is 1.81. The van der Waals surface area contributed by atoms with Gasteiger partial charge in [0.05, 0.1) is 6.61 Å². The lowest BCUT2D eigenvalue weighted by molar-refractivity contribution is -0.116. The average Bonchev–Trinajstić information content (AvgIpc) is 2.55. The molecule has 2 aromatic carbocycles. The van der Waals surface area contributed by atoms with Crippen LogP contribution in [0.25, 0.3) is 0 Å². The lowest BCUT2D eigenvalue weighted by atomic mass is 10.1. The minimum Gasteiger partial charge on any atom is -0.493 e. The molecule has 0 aliphatic rings. The SMILES string of the molecule is CCc1cccc(C)c1NC(=O)CCCOc1ccccc1C. The molecule has 0 aromatic heterocycles. The molecular weight excluding hydrogens is 286 g/mol. The number of benzene rings is 2. The highest BCUT2D eigenvalue weighted by Gasteiger charge is 2.08. The van der Waals surface area contributed by atoms with Crippen molar-refractivity contribution in [3.8, 4) is 5.75 Å². The summed E-state index contributed by atoms with van der Waals surface area (Å²) in [6.45, 7) is 6.69. The normalized spacial score (nSPS) is 10.4. The summed E-state index contributed by atoms with van der Waals surface area (Å²) in [7, 11) is 0. The molecule has 0 heterocycles. The number of ether oxygens (including phenoxy) is 1. The summed E-state index contributed by atoms with van der Waals surface area (Å²) >= 11 is 0. The molecule has 23 heavy (non-hydrogen) atoms. The molecule has 0 atom stereocenters. The van der Waals surface area contributed by atoms with E-state index in [-0.39, 0.29) is 5.91 Å². The molecule has 3 nitrogen and oxygen atoms in total. The highest BCUT2D eigenvalue weighted by Crippen LogP contribution is 2.21. The molecule has 0 saturated heterocycles. The number of rotatable bonds is 7. The summed E-state index contributed by atoms with van der Waals surface area (Å²) < 4.78 is 5.73. The van der Waals surface area contributed by atoms with E-state index in [0.717, 1.165) is 29.0 Å². The van der Waals surface area contributed by atoms with Crippen molar-refractivity contribution in [2.24, 2.45) is 0 Å². The van der Waals surface area contributed by atoms with E-state index < -0.39 is 0 Å². The monoisotopic (exact) mass is 311 g/mol. The van der Waals surface area contributed by atoms with Crippen LogP contribution in [0.4, 0.5) is 5.69 Å². The number of aryl methyl sites for hydroxylation is 3. The highest BCUT2D eigenvalue weighted by molar-refractivity contribution is 5.92. The minimum absolute atomic E-state index is 0.0439. The van der Waals surface area contributed by atoms with Gasteiger partial charge in [0.1, 0.15) is 5.75 Å². The summed E-state index contributed by atoms with van der Waals surface area (Å²) in [5.41, 5.74) is 4.35. The molecule has 0 spiro atoms. The second-order valence-electron chi connectivity index (χ2n) is 5.73. The van der Waals surface area contributed by atoms with E-state index in [0.29, 0.717) is 19.4 Å². The van der Waals surface area contributed by atoms with E-state index >= 15 is 0 Å². The molecule has 1 amide bonds. The average molecular weight is 311 g/mol.